The van der Waals surface area contributed by atoms with Crippen LogP contribution < -0.4 is 5.32 Å². The summed E-state index contributed by atoms with van der Waals surface area (Å²) < 4.78 is 5.79. The van der Waals surface area contributed by atoms with Gasteiger partial charge in [0.25, 0.3) is 0 Å². The van der Waals surface area contributed by atoms with Crippen molar-refractivity contribution in [1.82, 2.24) is 9.97 Å². The Kier molecular flexibility index (Phi) is 4.83. The van der Waals surface area contributed by atoms with Crippen LogP contribution in [-0.2, 0) is 0 Å². The van der Waals surface area contributed by atoms with Crippen LogP contribution in [0.1, 0.15) is 59.2 Å². The molecule has 3 rings (SSSR count). The summed E-state index contributed by atoms with van der Waals surface area (Å²) in [6.07, 6.45) is 5.89. The highest BCUT2D eigenvalue weighted by Gasteiger charge is 2.25. The van der Waals surface area contributed by atoms with E-state index in [1.165, 1.54) is 25.6 Å². The third kappa shape index (κ3) is 3.58. The molecule has 1 aliphatic rings. The first-order valence-electron chi connectivity index (χ1n) is 8.39. The van der Waals surface area contributed by atoms with Gasteiger partial charge in [-0.15, -0.1) is 0 Å². The molecule has 6 nitrogen and oxygen atoms in total. The molecular weight excluding hydrogens is 306 g/mol. The highest BCUT2D eigenvalue weighted by atomic mass is 16.4. The molecule has 0 saturated heterocycles. The topological polar surface area (TPSA) is 88.2 Å². The quantitative estimate of drug-likeness (QED) is 0.868. The van der Waals surface area contributed by atoms with Gasteiger partial charge in [-0.25, -0.2) is 14.8 Å². The molecular formula is C18H23N3O3. The van der Waals surface area contributed by atoms with Crippen molar-refractivity contribution >= 4 is 11.8 Å². The van der Waals surface area contributed by atoms with Crippen molar-refractivity contribution in [2.45, 2.75) is 45.4 Å². The van der Waals surface area contributed by atoms with Crippen LogP contribution in [0, 0.1) is 19.8 Å². The summed E-state index contributed by atoms with van der Waals surface area (Å²) in [5, 5.41) is 12.5. The fourth-order valence-corrected chi connectivity index (χ4v) is 3.49. The highest BCUT2D eigenvalue weighted by Crippen LogP contribution is 2.37. The Bertz CT molecular complexity index is 726. The van der Waals surface area contributed by atoms with Crippen molar-refractivity contribution in [3.63, 3.8) is 0 Å². The maximum atomic E-state index is 11.2. The van der Waals surface area contributed by atoms with Gasteiger partial charge in [-0.2, -0.15) is 0 Å². The second kappa shape index (κ2) is 7.03. The van der Waals surface area contributed by atoms with Crippen LogP contribution in [0.5, 0.6) is 0 Å². The minimum absolute atomic E-state index is 0.0556. The van der Waals surface area contributed by atoms with Gasteiger partial charge in [0.1, 0.15) is 23.7 Å². The number of rotatable bonds is 5. The molecule has 2 unspecified atom stereocenters. The van der Waals surface area contributed by atoms with Crippen molar-refractivity contribution in [2.75, 3.05) is 11.9 Å². The Morgan fingerprint density at radius 1 is 1.33 bits per heavy atom. The summed E-state index contributed by atoms with van der Waals surface area (Å²) in [5.41, 5.74) is 0.638. The molecule has 0 spiro atoms. The van der Waals surface area contributed by atoms with Crippen LogP contribution in [-0.4, -0.2) is 27.6 Å². The highest BCUT2D eigenvalue weighted by molar-refractivity contribution is 5.88. The van der Waals surface area contributed by atoms with Gasteiger partial charge in [-0.05, 0) is 51.2 Å². The first kappa shape index (κ1) is 16.5. The van der Waals surface area contributed by atoms with Gasteiger partial charge in [0.05, 0.1) is 0 Å². The summed E-state index contributed by atoms with van der Waals surface area (Å²) in [6, 6.07) is 4.11. The fourth-order valence-electron chi connectivity index (χ4n) is 3.49. The van der Waals surface area contributed by atoms with Crippen LogP contribution in [0.3, 0.4) is 0 Å². The molecule has 0 aliphatic heterocycles. The molecule has 0 radical (unpaired) electrons. The smallest absolute Gasteiger partial charge is 0.354 e. The van der Waals surface area contributed by atoms with Crippen LogP contribution >= 0.6 is 0 Å². The van der Waals surface area contributed by atoms with Crippen molar-refractivity contribution in [2.24, 2.45) is 5.92 Å². The summed E-state index contributed by atoms with van der Waals surface area (Å²) in [6.45, 7) is 4.50. The van der Waals surface area contributed by atoms with Gasteiger partial charge in [0, 0.05) is 18.0 Å². The summed E-state index contributed by atoms with van der Waals surface area (Å²) in [4.78, 5) is 19.2. The number of carboxylic acid groups (broad SMARTS) is 1. The van der Waals surface area contributed by atoms with E-state index in [4.69, 9.17) is 9.52 Å². The standard InChI is InChI=1S/C18H23N3O3/c1-11-6-7-15(24-11)14-5-3-4-13(8-14)9-19-17-12(2)16(18(22)23)20-10-21-17/h6-7,10,13-14H,3-5,8-9H2,1-2H3,(H,22,23)(H,19,20,21). The third-order valence-electron chi connectivity index (χ3n) is 4.79. The number of aromatic carboxylic acids is 1. The lowest BCUT2D eigenvalue weighted by molar-refractivity contribution is 0.0689. The molecule has 0 bridgehead atoms. The number of nitrogens with zero attached hydrogens (tertiary/aromatic N) is 2. The maximum absolute atomic E-state index is 11.2. The van der Waals surface area contributed by atoms with Crippen molar-refractivity contribution in [1.29, 1.82) is 0 Å². The number of anilines is 1. The molecule has 2 N–H and O–H groups in total. The summed E-state index contributed by atoms with van der Waals surface area (Å²) in [5.74, 6) is 2.63. The Morgan fingerprint density at radius 2 is 2.17 bits per heavy atom. The van der Waals surface area contributed by atoms with Crippen molar-refractivity contribution in [3.8, 4) is 0 Å². The average Bonchev–Trinajstić information content (AvgIpc) is 3.00. The second-order valence-electron chi connectivity index (χ2n) is 6.56. The Morgan fingerprint density at radius 3 is 2.88 bits per heavy atom. The van der Waals surface area contributed by atoms with Crippen LogP contribution in [0.2, 0.25) is 0 Å². The predicted molar refractivity (Wildman–Crippen MR) is 90.4 cm³/mol. The number of hydrogen-bond acceptors (Lipinski definition) is 5. The zero-order valence-corrected chi connectivity index (χ0v) is 14.1. The van der Waals surface area contributed by atoms with E-state index < -0.39 is 5.97 Å². The molecule has 1 saturated carbocycles. The van der Waals surface area contributed by atoms with Gasteiger partial charge >= 0.3 is 5.97 Å². The summed E-state index contributed by atoms with van der Waals surface area (Å²) >= 11 is 0. The number of aryl methyl sites for hydroxylation is 1. The van der Waals surface area contributed by atoms with Gasteiger partial charge in [-0.3, -0.25) is 0 Å². The van der Waals surface area contributed by atoms with Crippen LogP contribution in [0.15, 0.2) is 22.9 Å². The molecule has 6 heteroatoms. The first-order valence-corrected chi connectivity index (χ1v) is 8.39. The number of aromatic nitrogens is 2. The molecule has 2 heterocycles. The van der Waals surface area contributed by atoms with Crippen molar-refractivity contribution < 1.29 is 14.3 Å². The molecule has 2 aromatic rings. The van der Waals surface area contributed by atoms with E-state index >= 15 is 0 Å². The van der Waals surface area contributed by atoms with Crippen LogP contribution in [0.25, 0.3) is 0 Å². The minimum Gasteiger partial charge on any atom is -0.476 e. The zero-order valence-electron chi connectivity index (χ0n) is 14.1. The number of hydrogen-bond donors (Lipinski definition) is 2. The largest absolute Gasteiger partial charge is 0.476 e. The molecule has 24 heavy (non-hydrogen) atoms. The minimum atomic E-state index is -1.02. The lowest BCUT2D eigenvalue weighted by atomic mass is 9.80. The second-order valence-corrected chi connectivity index (χ2v) is 6.56. The average molecular weight is 329 g/mol. The molecule has 1 fully saturated rings. The van der Waals surface area contributed by atoms with Crippen LogP contribution in [0.4, 0.5) is 5.82 Å². The Balaban J connectivity index is 1.62. The normalized spacial score (nSPS) is 20.8. The molecule has 2 aromatic heterocycles. The molecule has 2 atom stereocenters. The van der Waals surface area contributed by atoms with Gasteiger partial charge in [-0.1, -0.05) is 6.42 Å². The molecule has 1 aliphatic carbocycles. The first-order chi connectivity index (χ1) is 11.5. The van der Waals surface area contributed by atoms with E-state index in [1.807, 2.05) is 13.0 Å². The van der Waals surface area contributed by atoms with E-state index in [9.17, 15) is 4.79 Å². The Hall–Kier alpha value is -2.37. The lowest BCUT2D eigenvalue weighted by Gasteiger charge is -2.28. The predicted octanol–water partition coefficient (Wildman–Crippen LogP) is 3.77. The summed E-state index contributed by atoms with van der Waals surface area (Å²) in [7, 11) is 0. The number of carbonyl (C=O) groups is 1. The molecule has 128 valence electrons. The maximum Gasteiger partial charge on any atom is 0.354 e. The van der Waals surface area contributed by atoms with Gasteiger partial charge < -0.3 is 14.8 Å². The molecule has 0 amide bonds. The number of carboxylic acids is 1. The molecule has 0 aromatic carbocycles. The van der Waals surface area contributed by atoms with E-state index in [2.05, 4.69) is 21.4 Å². The van der Waals surface area contributed by atoms with E-state index in [0.717, 1.165) is 24.5 Å². The monoisotopic (exact) mass is 329 g/mol. The number of furan rings is 1. The van der Waals surface area contributed by atoms with E-state index in [1.54, 1.807) is 6.92 Å². The Labute approximate surface area is 141 Å². The number of nitrogens with one attached hydrogen (secondary N) is 1. The third-order valence-corrected chi connectivity index (χ3v) is 4.79. The van der Waals surface area contributed by atoms with Crippen molar-refractivity contribution in [3.05, 3.63) is 41.2 Å². The SMILES string of the molecule is Cc1ccc(C2CCCC(CNc3ncnc(C(=O)O)c3C)C2)o1. The fraction of sp³-hybridized carbons (Fsp3) is 0.500. The van der Waals surface area contributed by atoms with Gasteiger partial charge in [0.15, 0.2) is 5.69 Å². The van der Waals surface area contributed by atoms with Gasteiger partial charge in [0.2, 0.25) is 0 Å². The zero-order chi connectivity index (χ0) is 17.1. The lowest BCUT2D eigenvalue weighted by Crippen LogP contribution is -2.22. The van der Waals surface area contributed by atoms with E-state index in [-0.39, 0.29) is 5.69 Å². The van der Waals surface area contributed by atoms with E-state index in [0.29, 0.717) is 23.2 Å².